The Hall–Kier alpha value is -1.75. The molecule has 0 aromatic heterocycles. The first-order chi connectivity index (χ1) is 9.02. The predicted octanol–water partition coefficient (Wildman–Crippen LogP) is 1.05. The van der Waals surface area contributed by atoms with E-state index in [1.54, 1.807) is 25.3 Å². The van der Waals surface area contributed by atoms with Gasteiger partial charge in [0, 0.05) is 31.2 Å². The topological polar surface area (TPSA) is 58.8 Å². The van der Waals surface area contributed by atoms with Crippen molar-refractivity contribution in [2.24, 2.45) is 0 Å². The van der Waals surface area contributed by atoms with E-state index >= 15 is 0 Å². The average Bonchev–Trinajstić information content (AvgIpc) is 2.41. The number of carbonyl (C=O) groups excluding carboxylic acids is 1. The van der Waals surface area contributed by atoms with Crippen molar-refractivity contribution < 1.29 is 9.53 Å². The Morgan fingerprint density at radius 2 is 2.16 bits per heavy atom. The Balaban J connectivity index is 2.15. The van der Waals surface area contributed by atoms with Gasteiger partial charge in [-0.05, 0) is 32.2 Å². The van der Waals surface area contributed by atoms with Crippen molar-refractivity contribution in [1.29, 1.82) is 0 Å². The van der Waals surface area contributed by atoms with Gasteiger partial charge in [-0.2, -0.15) is 0 Å². The first kappa shape index (κ1) is 13.7. The number of carbonyl (C=O) groups is 1. The van der Waals surface area contributed by atoms with Crippen LogP contribution in [0.4, 0.5) is 5.69 Å². The minimum atomic E-state index is 0.0400. The highest BCUT2D eigenvalue weighted by atomic mass is 16.5. The highest BCUT2D eigenvalue weighted by Crippen LogP contribution is 2.23. The van der Waals surface area contributed by atoms with Crippen LogP contribution < -0.4 is 10.5 Å². The van der Waals surface area contributed by atoms with Gasteiger partial charge in [-0.15, -0.1) is 0 Å². The number of piperazine rings is 1. The number of hydrogen-bond acceptors (Lipinski definition) is 4. The molecule has 0 spiro atoms. The molecule has 0 radical (unpaired) electrons. The van der Waals surface area contributed by atoms with Crippen molar-refractivity contribution in [1.82, 2.24) is 9.80 Å². The minimum Gasteiger partial charge on any atom is -0.495 e. The smallest absolute Gasteiger partial charge is 0.254 e. The van der Waals surface area contributed by atoms with Gasteiger partial charge < -0.3 is 20.3 Å². The van der Waals surface area contributed by atoms with Crippen LogP contribution >= 0.6 is 0 Å². The second-order valence-electron chi connectivity index (χ2n) is 5.04. The predicted molar refractivity (Wildman–Crippen MR) is 75.4 cm³/mol. The fourth-order valence-electron chi connectivity index (χ4n) is 2.26. The molecule has 1 aliphatic heterocycles. The maximum absolute atomic E-state index is 12.4. The van der Waals surface area contributed by atoms with Gasteiger partial charge >= 0.3 is 0 Å². The van der Waals surface area contributed by atoms with Gasteiger partial charge in [-0.25, -0.2) is 0 Å². The van der Waals surface area contributed by atoms with E-state index in [1.807, 2.05) is 4.90 Å². The molecule has 1 amide bonds. The molecule has 1 aliphatic rings. The van der Waals surface area contributed by atoms with Gasteiger partial charge in [0.15, 0.2) is 0 Å². The Morgan fingerprint density at radius 3 is 2.79 bits per heavy atom. The number of benzene rings is 1. The van der Waals surface area contributed by atoms with Gasteiger partial charge in [0.25, 0.3) is 5.91 Å². The number of anilines is 1. The van der Waals surface area contributed by atoms with Crippen LogP contribution in [-0.4, -0.2) is 55.5 Å². The van der Waals surface area contributed by atoms with E-state index in [-0.39, 0.29) is 5.91 Å². The molecule has 5 heteroatoms. The Kier molecular flexibility index (Phi) is 3.95. The van der Waals surface area contributed by atoms with Crippen LogP contribution in [0.1, 0.15) is 17.3 Å². The lowest BCUT2D eigenvalue weighted by Crippen LogP contribution is -2.52. The third-order valence-electron chi connectivity index (χ3n) is 3.73. The number of nitrogens with two attached hydrogens (primary N) is 1. The van der Waals surface area contributed by atoms with E-state index in [0.717, 1.165) is 19.6 Å². The third kappa shape index (κ3) is 2.81. The number of likely N-dealkylation sites (N-methyl/N-ethyl adjacent to an activating group) is 1. The number of hydrogen-bond donors (Lipinski definition) is 1. The van der Waals surface area contributed by atoms with Gasteiger partial charge in [-0.3, -0.25) is 4.79 Å². The summed E-state index contributed by atoms with van der Waals surface area (Å²) in [5.41, 5.74) is 6.94. The molecule has 1 fully saturated rings. The molecule has 1 aromatic carbocycles. The molecule has 5 nitrogen and oxygen atoms in total. The van der Waals surface area contributed by atoms with E-state index in [0.29, 0.717) is 23.0 Å². The molecule has 1 aromatic rings. The Labute approximate surface area is 113 Å². The van der Waals surface area contributed by atoms with Crippen LogP contribution in [-0.2, 0) is 0 Å². The molecule has 2 N–H and O–H groups in total. The summed E-state index contributed by atoms with van der Waals surface area (Å²) >= 11 is 0. The molecule has 0 bridgehead atoms. The molecule has 19 heavy (non-hydrogen) atoms. The first-order valence-electron chi connectivity index (χ1n) is 6.46. The molecule has 0 saturated carbocycles. The summed E-state index contributed by atoms with van der Waals surface area (Å²) in [6.07, 6.45) is 0. The van der Waals surface area contributed by atoms with Crippen LogP contribution in [0.5, 0.6) is 5.75 Å². The molecular formula is C14H21N3O2. The number of nitrogen functional groups attached to an aromatic ring is 1. The lowest BCUT2D eigenvalue weighted by atomic mass is 10.1. The Bertz CT molecular complexity index is 476. The molecule has 0 aliphatic carbocycles. The van der Waals surface area contributed by atoms with Crippen LogP contribution in [0.3, 0.4) is 0 Å². The van der Waals surface area contributed by atoms with E-state index in [2.05, 4.69) is 18.9 Å². The zero-order valence-corrected chi connectivity index (χ0v) is 11.7. The number of methoxy groups -OCH3 is 1. The third-order valence-corrected chi connectivity index (χ3v) is 3.73. The summed E-state index contributed by atoms with van der Waals surface area (Å²) in [4.78, 5) is 16.6. The number of ether oxygens (including phenoxy) is 1. The van der Waals surface area contributed by atoms with Crippen LogP contribution in [0.15, 0.2) is 18.2 Å². The molecule has 104 valence electrons. The SMILES string of the molecule is COc1cc(C(=O)N2CCN(C)[C@H](C)C2)ccc1N. The zero-order valence-electron chi connectivity index (χ0n) is 11.7. The molecular weight excluding hydrogens is 242 g/mol. The standard InChI is InChI=1S/C14H21N3O2/c1-10-9-17(7-6-16(10)2)14(18)11-4-5-12(15)13(8-11)19-3/h4-5,8,10H,6-7,9,15H2,1-3H3/t10-/m1/s1. The van der Waals surface area contributed by atoms with Crippen LogP contribution in [0, 0.1) is 0 Å². The summed E-state index contributed by atoms with van der Waals surface area (Å²) in [5.74, 6) is 0.589. The van der Waals surface area contributed by atoms with E-state index in [1.165, 1.54) is 0 Å². The fourth-order valence-corrected chi connectivity index (χ4v) is 2.26. The van der Waals surface area contributed by atoms with Crippen molar-refractivity contribution in [2.75, 3.05) is 39.5 Å². The quantitative estimate of drug-likeness (QED) is 0.810. The van der Waals surface area contributed by atoms with E-state index in [4.69, 9.17) is 10.5 Å². The van der Waals surface area contributed by atoms with Crippen molar-refractivity contribution in [3.8, 4) is 5.75 Å². The van der Waals surface area contributed by atoms with Crippen molar-refractivity contribution >= 4 is 11.6 Å². The number of nitrogens with zero attached hydrogens (tertiary/aromatic N) is 2. The van der Waals surface area contributed by atoms with Crippen molar-refractivity contribution in [3.05, 3.63) is 23.8 Å². The summed E-state index contributed by atoms with van der Waals surface area (Å²) in [6, 6.07) is 5.56. The number of amides is 1. The van der Waals surface area contributed by atoms with Gasteiger partial charge in [0.05, 0.1) is 12.8 Å². The van der Waals surface area contributed by atoms with Crippen molar-refractivity contribution in [3.63, 3.8) is 0 Å². The van der Waals surface area contributed by atoms with Crippen molar-refractivity contribution in [2.45, 2.75) is 13.0 Å². The highest BCUT2D eigenvalue weighted by Gasteiger charge is 2.25. The molecule has 0 unspecified atom stereocenters. The Morgan fingerprint density at radius 1 is 1.42 bits per heavy atom. The zero-order chi connectivity index (χ0) is 14.0. The lowest BCUT2D eigenvalue weighted by Gasteiger charge is -2.37. The summed E-state index contributed by atoms with van der Waals surface area (Å²) in [6.45, 7) is 4.54. The van der Waals surface area contributed by atoms with Gasteiger partial charge in [-0.1, -0.05) is 0 Å². The normalized spacial score (nSPS) is 20.4. The van der Waals surface area contributed by atoms with E-state index in [9.17, 15) is 4.79 Å². The van der Waals surface area contributed by atoms with Crippen LogP contribution in [0.2, 0.25) is 0 Å². The van der Waals surface area contributed by atoms with Gasteiger partial charge in [0.1, 0.15) is 5.75 Å². The second kappa shape index (κ2) is 5.48. The first-order valence-corrected chi connectivity index (χ1v) is 6.46. The summed E-state index contributed by atoms with van der Waals surface area (Å²) < 4.78 is 5.16. The van der Waals surface area contributed by atoms with E-state index < -0.39 is 0 Å². The molecule has 1 heterocycles. The summed E-state index contributed by atoms with van der Waals surface area (Å²) in [7, 11) is 3.64. The molecule has 1 atom stereocenters. The lowest BCUT2D eigenvalue weighted by molar-refractivity contribution is 0.0572. The van der Waals surface area contributed by atoms with Gasteiger partial charge in [0.2, 0.25) is 0 Å². The largest absolute Gasteiger partial charge is 0.495 e. The van der Waals surface area contributed by atoms with Crippen LogP contribution in [0.25, 0.3) is 0 Å². The maximum atomic E-state index is 12.4. The summed E-state index contributed by atoms with van der Waals surface area (Å²) in [5, 5.41) is 0. The fraction of sp³-hybridized carbons (Fsp3) is 0.500. The maximum Gasteiger partial charge on any atom is 0.254 e. The molecule has 1 saturated heterocycles. The highest BCUT2D eigenvalue weighted by molar-refractivity contribution is 5.95. The molecule has 2 rings (SSSR count). The second-order valence-corrected chi connectivity index (χ2v) is 5.04. The number of rotatable bonds is 2. The average molecular weight is 263 g/mol. The minimum absolute atomic E-state index is 0.0400. The monoisotopic (exact) mass is 263 g/mol.